The second-order valence-electron chi connectivity index (χ2n) is 5.50. The number of hydrogen-bond acceptors (Lipinski definition) is 6. The molecule has 0 heterocycles. The topological polar surface area (TPSA) is 107 Å². The number of halogens is 1. The number of rotatable bonds is 8. The molecule has 2 rings (SSSR count). The van der Waals surface area contributed by atoms with Gasteiger partial charge in [-0.15, -0.1) is 0 Å². The molecule has 27 heavy (non-hydrogen) atoms. The van der Waals surface area contributed by atoms with E-state index in [1.165, 1.54) is 43.3 Å². The average molecular weight is 393 g/mol. The Morgan fingerprint density at radius 1 is 0.963 bits per heavy atom. The molecule has 1 N–H and O–H groups in total. The third-order valence-electron chi connectivity index (χ3n) is 3.51. The van der Waals surface area contributed by atoms with E-state index in [2.05, 4.69) is 0 Å². The summed E-state index contributed by atoms with van der Waals surface area (Å²) in [7, 11) is -3.98. The summed E-state index contributed by atoms with van der Waals surface area (Å²) in [6.45, 7) is 0.0813. The van der Waals surface area contributed by atoms with Crippen LogP contribution in [0.15, 0.2) is 53.4 Å². The van der Waals surface area contributed by atoms with Gasteiger partial charge in [0.05, 0.1) is 4.90 Å². The molecule has 2 aromatic rings. The van der Waals surface area contributed by atoms with Gasteiger partial charge in [-0.2, -0.15) is 4.72 Å². The molecule has 0 radical (unpaired) electrons. The molecule has 0 aliphatic rings. The number of nitrogens with one attached hydrogen (secondary N) is 1. The lowest BCUT2D eigenvalue weighted by molar-refractivity contribution is -0.141. The summed E-state index contributed by atoms with van der Waals surface area (Å²) >= 11 is 0. The van der Waals surface area contributed by atoms with Crippen molar-refractivity contribution in [2.24, 2.45) is 0 Å². The normalized spacial score (nSPS) is 11.0. The molecule has 0 bridgehead atoms. The number of Topliss-reactive ketones (excluding diaryl/α,β-unsaturated/α-hetero) is 2. The Labute approximate surface area is 155 Å². The van der Waals surface area contributed by atoms with Gasteiger partial charge in [0.1, 0.15) is 12.4 Å². The van der Waals surface area contributed by atoms with Gasteiger partial charge in [0, 0.05) is 11.1 Å². The number of carbonyl (C=O) groups is 3. The van der Waals surface area contributed by atoms with Gasteiger partial charge in [-0.05, 0) is 43.3 Å². The number of carbonyl (C=O) groups excluding carboxylic acids is 3. The van der Waals surface area contributed by atoms with Crippen molar-refractivity contribution in [3.05, 3.63) is 65.5 Å². The molecule has 9 heteroatoms. The first-order chi connectivity index (χ1) is 12.7. The number of ether oxygens (including phenoxy) is 1. The molecule has 0 aliphatic carbocycles. The Morgan fingerprint density at radius 2 is 1.52 bits per heavy atom. The van der Waals surface area contributed by atoms with E-state index in [9.17, 15) is 27.2 Å². The first-order valence-corrected chi connectivity index (χ1v) is 9.22. The Hall–Kier alpha value is -2.91. The summed E-state index contributed by atoms with van der Waals surface area (Å²) in [5, 5.41) is 0. The lowest BCUT2D eigenvalue weighted by atomic mass is 10.1. The molecule has 7 nitrogen and oxygen atoms in total. The van der Waals surface area contributed by atoms with E-state index in [1.807, 2.05) is 4.72 Å². The predicted molar refractivity (Wildman–Crippen MR) is 93.3 cm³/mol. The van der Waals surface area contributed by atoms with E-state index in [0.717, 1.165) is 12.1 Å². The van der Waals surface area contributed by atoms with Crippen molar-refractivity contribution in [3.63, 3.8) is 0 Å². The maximum Gasteiger partial charge on any atom is 0.321 e. The average Bonchev–Trinajstić information content (AvgIpc) is 2.65. The van der Waals surface area contributed by atoms with Crippen LogP contribution in [-0.2, 0) is 19.6 Å². The van der Waals surface area contributed by atoms with Crippen LogP contribution in [0.2, 0.25) is 0 Å². The first kappa shape index (κ1) is 20.4. The second kappa shape index (κ2) is 8.65. The maximum atomic E-state index is 12.8. The second-order valence-corrected chi connectivity index (χ2v) is 7.26. The first-order valence-electron chi connectivity index (χ1n) is 7.74. The van der Waals surface area contributed by atoms with Gasteiger partial charge in [0.25, 0.3) is 0 Å². The monoisotopic (exact) mass is 393 g/mol. The number of sulfonamides is 1. The molecular formula is C18H16FNO6S. The minimum Gasteiger partial charge on any atom is -0.456 e. The van der Waals surface area contributed by atoms with Crippen LogP contribution in [-0.4, -0.2) is 39.1 Å². The Kier molecular flexibility index (Phi) is 6.54. The Morgan fingerprint density at radius 3 is 2.07 bits per heavy atom. The van der Waals surface area contributed by atoms with E-state index in [4.69, 9.17) is 4.74 Å². The lowest BCUT2D eigenvalue weighted by Crippen LogP contribution is -2.31. The quantitative estimate of drug-likeness (QED) is 0.541. The summed E-state index contributed by atoms with van der Waals surface area (Å²) < 4.78 is 43.8. The summed E-state index contributed by atoms with van der Waals surface area (Å²) in [6.07, 6.45) is 0. The van der Waals surface area contributed by atoms with Gasteiger partial charge < -0.3 is 4.74 Å². The minimum atomic E-state index is -3.98. The van der Waals surface area contributed by atoms with Crippen molar-refractivity contribution >= 4 is 27.6 Å². The highest BCUT2D eigenvalue weighted by Gasteiger charge is 2.17. The summed E-state index contributed by atoms with van der Waals surface area (Å²) in [5.74, 6) is -2.21. The summed E-state index contributed by atoms with van der Waals surface area (Å²) in [6, 6.07) is 9.89. The number of hydrogen-bond donors (Lipinski definition) is 1. The van der Waals surface area contributed by atoms with Gasteiger partial charge >= 0.3 is 5.97 Å². The molecule has 0 aliphatic heterocycles. The van der Waals surface area contributed by atoms with Crippen molar-refractivity contribution in [2.75, 3.05) is 13.2 Å². The van der Waals surface area contributed by atoms with Crippen LogP contribution in [0.1, 0.15) is 27.6 Å². The smallest absolute Gasteiger partial charge is 0.321 e. The van der Waals surface area contributed by atoms with Crippen molar-refractivity contribution in [3.8, 4) is 0 Å². The molecule has 0 unspecified atom stereocenters. The van der Waals surface area contributed by atoms with E-state index in [0.29, 0.717) is 5.56 Å². The zero-order valence-electron chi connectivity index (χ0n) is 14.3. The van der Waals surface area contributed by atoms with Crippen LogP contribution in [0.4, 0.5) is 4.39 Å². The molecule has 0 saturated heterocycles. The van der Waals surface area contributed by atoms with E-state index in [1.54, 1.807) is 0 Å². The fourth-order valence-corrected chi connectivity index (χ4v) is 2.99. The fourth-order valence-electron chi connectivity index (χ4n) is 2.02. The molecule has 0 aromatic heterocycles. The largest absolute Gasteiger partial charge is 0.456 e. The predicted octanol–water partition coefficient (Wildman–Crippen LogP) is 1.73. The van der Waals surface area contributed by atoms with Crippen LogP contribution < -0.4 is 4.72 Å². The van der Waals surface area contributed by atoms with Crippen LogP contribution in [0.25, 0.3) is 0 Å². The van der Waals surface area contributed by atoms with Gasteiger partial charge in [0.15, 0.2) is 18.2 Å². The van der Waals surface area contributed by atoms with E-state index < -0.39 is 40.7 Å². The summed E-state index contributed by atoms with van der Waals surface area (Å²) in [4.78, 5) is 34.5. The molecule has 0 atom stereocenters. The molecule has 0 amide bonds. The molecule has 0 fully saturated rings. The van der Waals surface area contributed by atoms with Crippen molar-refractivity contribution < 1.29 is 31.9 Å². The van der Waals surface area contributed by atoms with Crippen molar-refractivity contribution in [1.82, 2.24) is 4.72 Å². The lowest BCUT2D eigenvalue weighted by Gasteiger charge is -2.08. The SMILES string of the molecule is CC(=O)c1ccc(S(=O)(=O)NCC(=O)OCC(=O)c2ccc(F)cc2)cc1. The Bertz CT molecular complexity index is 952. The minimum absolute atomic E-state index is 0.123. The maximum absolute atomic E-state index is 12.8. The third kappa shape index (κ3) is 5.80. The van der Waals surface area contributed by atoms with Crippen LogP contribution in [0, 0.1) is 5.82 Å². The number of benzene rings is 2. The molecule has 142 valence electrons. The highest BCUT2D eigenvalue weighted by atomic mass is 32.2. The van der Waals surface area contributed by atoms with Crippen molar-refractivity contribution in [2.45, 2.75) is 11.8 Å². The molecule has 0 saturated carbocycles. The van der Waals surface area contributed by atoms with Gasteiger partial charge in [-0.25, -0.2) is 12.8 Å². The molecular weight excluding hydrogens is 377 g/mol. The van der Waals surface area contributed by atoms with E-state index in [-0.39, 0.29) is 16.2 Å². The highest BCUT2D eigenvalue weighted by molar-refractivity contribution is 7.89. The highest BCUT2D eigenvalue weighted by Crippen LogP contribution is 2.11. The van der Waals surface area contributed by atoms with Crippen LogP contribution in [0.5, 0.6) is 0 Å². The molecule has 2 aromatic carbocycles. The Balaban J connectivity index is 1.87. The summed E-state index contributed by atoms with van der Waals surface area (Å²) in [5.41, 5.74) is 0.517. The fraction of sp³-hybridized carbons (Fsp3) is 0.167. The van der Waals surface area contributed by atoms with Crippen molar-refractivity contribution in [1.29, 1.82) is 0 Å². The molecule has 0 spiro atoms. The van der Waals surface area contributed by atoms with Crippen LogP contribution >= 0.6 is 0 Å². The van der Waals surface area contributed by atoms with Gasteiger partial charge in [-0.3, -0.25) is 14.4 Å². The third-order valence-corrected chi connectivity index (χ3v) is 4.93. The van der Waals surface area contributed by atoms with Crippen LogP contribution in [0.3, 0.4) is 0 Å². The number of esters is 1. The zero-order chi connectivity index (χ0) is 20.0. The van der Waals surface area contributed by atoms with Gasteiger partial charge in [-0.1, -0.05) is 12.1 Å². The van der Waals surface area contributed by atoms with E-state index >= 15 is 0 Å². The standard InChI is InChI=1S/C18H16FNO6S/c1-12(21)13-4-8-16(9-5-13)27(24,25)20-10-18(23)26-11-17(22)14-2-6-15(19)7-3-14/h2-9,20H,10-11H2,1H3. The van der Waals surface area contributed by atoms with Gasteiger partial charge in [0.2, 0.25) is 10.0 Å². The zero-order valence-corrected chi connectivity index (χ0v) is 15.1. The number of ketones is 2.